The number of methoxy groups -OCH3 is 1. The fourth-order valence-electron chi connectivity index (χ4n) is 3.38. The van der Waals surface area contributed by atoms with Gasteiger partial charge in [0, 0.05) is 6.54 Å². The molecule has 27 heavy (non-hydrogen) atoms. The predicted octanol–water partition coefficient (Wildman–Crippen LogP) is 1.86. The van der Waals surface area contributed by atoms with E-state index in [2.05, 4.69) is 4.74 Å². The number of benzene rings is 1. The summed E-state index contributed by atoms with van der Waals surface area (Å²) >= 11 is 0. The summed E-state index contributed by atoms with van der Waals surface area (Å²) in [6.07, 6.45) is 4.98. The van der Waals surface area contributed by atoms with Crippen LogP contribution in [-0.2, 0) is 30.5 Å². The molecule has 0 spiro atoms. The number of likely N-dealkylation sites (tertiary alicyclic amines) is 1. The molecule has 0 N–H and O–H groups in total. The fourth-order valence-corrected chi connectivity index (χ4v) is 3.38. The number of ether oxygens (including phenoxy) is 2. The third-order valence-electron chi connectivity index (χ3n) is 4.91. The van der Waals surface area contributed by atoms with Gasteiger partial charge in [-0.1, -0.05) is 24.3 Å². The van der Waals surface area contributed by atoms with Gasteiger partial charge in [0.15, 0.2) is 0 Å². The summed E-state index contributed by atoms with van der Waals surface area (Å²) in [6.45, 7) is 0.0993. The minimum atomic E-state index is -0.486. The summed E-state index contributed by atoms with van der Waals surface area (Å²) in [7, 11) is 1.30. The van der Waals surface area contributed by atoms with E-state index in [0.717, 1.165) is 5.56 Å². The number of carbonyl (C=O) groups excluding carboxylic acids is 4. The Morgan fingerprint density at radius 1 is 1.04 bits per heavy atom. The van der Waals surface area contributed by atoms with Gasteiger partial charge in [-0.25, -0.2) is 4.79 Å². The second-order valence-electron chi connectivity index (χ2n) is 6.58. The van der Waals surface area contributed by atoms with Crippen molar-refractivity contribution in [2.75, 3.05) is 13.7 Å². The summed E-state index contributed by atoms with van der Waals surface area (Å²) in [5.41, 5.74) is 1.14. The first-order valence-electron chi connectivity index (χ1n) is 8.84. The van der Waals surface area contributed by atoms with Crippen LogP contribution >= 0.6 is 0 Å². The molecule has 1 saturated heterocycles. The summed E-state index contributed by atoms with van der Waals surface area (Å²) in [6, 6.07) is 6.52. The molecule has 1 aromatic rings. The lowest BCUT2D eigenvalue weighted by molar-refractivity contribution is -0.146. The van der Waals surface area contributed by atoms with Crippen molar-refractivity contribution in [1.29, 1.82) is 0 Å². The first-order valence-corrected chi connectivity index (χ1v) is 8.84. The Bertz CT molecular complexity index is 756. The highest BCUT2D eigenvalue weighted by atomic mass is 16.5. The zero-order valence-electron chi connectivity index (χ0n) is 15.1. The van der Waals surface area contributed by atoms with Crippen molar-refractivity contribution in [3.05, 3.63) is 47.5 Å². The first-order chi connectivity index (χ1) is 13.0. The van der Waals surface area contributed by atoms with Crippen molar-refractivity contribution in [3.8, 4) is 0 Å². The van der Waals surface area contributed by atoms with Gasteiger partial charge < -0.3 is 9.47 Å². The van der Waals surface area contributed by atoms with Gasteiger partial charge in [0.25, 0.3) is 0 Å². The summed E-state index contributed by atoms with van der Waals surface area (Å²) in [5.74, 6) is -1.88. The number of esters is 2. The Hall–Kier alpha value is -2.96. The lowest BCUT2D eigenvalue weighted by Crippen LogP contribution is -2.33. The minimum Gasteiger partial charge on any atom is -0.465 e. The van der Waals surface area contributed by atoms with E-state index < -0.39 is 11.9 Å². The van der Waals surface area contributed by atoms with Crippen LogP contribution in [0.2, 0.25) is 0 Å². The van der Waals surface area contributed by atoms with Gasteiger partial charge in [-0.2, -0.15) is 0 Å². The smallest absolute Gasteiger partial charge is 0.337 e. The summed E-state index contributed by atoms with van der Waals surface area (Å²) in [4.78, 5) is 49.2. The number of imide groups is 1. The number of rotatable bonds is 6. The zero-order chi connectivity index (χ0) is 19.4. The van der Waals surface area contributed by atoms with E-state index in [-0.39, 0.29) is 43.2 Å². The fraction of sp³-hybridized carbons (Fsp3) is 0.400. The van der Waals surface area contributed by atoms with E-state index in [9.17, 15) is 19.2 Å². The number of hydrogen-bond acceptors (Lipinski definition) is 6. The monoisotopic (exact) mass is 371 g/mol. The molecule has 0 bridgehead atoms. The Balaban J connectivity index is 1.47. The van der Waals surface area contributed by atoms with Gasteiger partial charge in [-0.3, -0.25) is 19.3 Å². The van der Waals surface area contributed by atoms with Crippen LogP contribution in [0.4, 0.5) is 0 Å². The number of nitrogens with zero attached hydrogens (tertiary/aromatic N) is 1. The van der Waals surface area contributed by atoms with E-state index in [0.29, 0.717) is 18.4 Å². The molecule has 7 nitrogen and oxygen atoms in total. The molecule has 1 aliphatic carbocycles. The average Bonchev–Trinajstić information content (AvgIpc) is 2.95. The van der Waals surface area contributed by atoms with Gasteiger partial charge in [-0.05, 0) is 30.5 Å². The lowest BCUT2D eigenvalue weighted by atomic mass is 9.85. The van der Waals surface area contributed by atoms with Crippen molar-refractivity contribution in [3.63, 3.8) is 0 Å². The molecule has 0 unspecified atom stereocenters. The van der Waals surface area contributed by atoms with Crippen LogP contribution in [0.15, 0.2) is 36.4 Å². The van der Waals surface area contributed by atoms with Gasteiger partial charge in [0.2, 0.25) is 11.8 Å². The van der Waals surface area contributed by atoms with Crippen molar-refractivity contribution < 1.29 is 28.7 Å². The predicted molar refractivity (Wildman–Crippen MR) is 94.3 cm³/mol. The largest absolute Gasteiger partial charge is 0.465 e. The molecule has 0 radical (unpaired) electrons. The maximum atomic E-state index is 12.3. The Morgan fingerprint density at radius 2 is 1.63 bits per heavy atom. The SMILES string of the molecule is COC(=O)c1ccc(COC(=O)CCN2C(=O)[C@H]3CC=CC[C@H]3C2=O)cc1. The molecular weight excluding hydrogens is 350 g/mol. The first kappa shape index (κ1) is 18.8. The van der Waals surface area contributed by atoms with Crippen LogP contribution in [0.25, 0.3) is 0 Å². The number of hydrogen-bond donors (Lipinski definition) is 0. The molecular formula is C20H21NO6. The molecule has 1 fully saturated rings. The topological polar surface area (TPSA) is 90.0 Å². The van der Waals surface area contributed by atoms with Crippen LogP contribution in [0, 0.1) is 11.8 Å². The lowest BCUT2D eigenvalue weighted by Gasteiger charge is -2.14. The third-order valence-corrected chi connectivity index (χ3v) is 4.91. The molecule has 7 heteroatoms. The Labute approximate surface area is 156 Å². The molecule has 142 valence electrons. The highest BCUT2D eigenvalue weighted by Crippen LogP contribution is 2.35. The number of fused-ring (bicyclic) bond motifs is 1. The Morgan fingerprint density at radius 3 is 2.19 bits per heavy atom. The third kappa shape index (κ3) is 4.07. The van der Waals surface area contributed by atoms with Crippen LogP contribution in [-0.4, -0.2) is 42.3 Å². The van der Waals surface area contributed by atoms with E-state index in [1.165, 1.54) is 12.0 Å². The molecule has 2 atom stereocenters. The van der Waals surface area contributed by atoms with Gasteiger partial charge >= 0.3 is 11.9 Å². The Kier molecular flexibility index (Phi) is 5.69. The van der Waals surface area contributed by atoms with Crippen molar-refractivity contribution in [2.45, 2.75) is 25.9 Å². The highest BCUT2D eigenvalue weighted by Gasteiger charge is 2.46. The van der Waals surface area contributed by atoms with Crippen LogP contribution in [0.1, 0.15) is 35.2 Å². The summed E-state index contributed by atoms with van der Waals surface area (Å²) < 4.78 is 9.81. The zero-order valence-corrected chi connectivity index (χ0v) is 15.1. The van der Waals surface area contributed by atoms with Gasteiger partial charge in [0.1, 0.15) is 6.61 Å². The molecule has 2 aliphatic rings. The van der Waals surface area contributed by atoms with Crippen molar-refractivity contribution >= 4 is 23.8 Å². The molecule has 1 aliphatic heterocycles. The number of allylic oxidation sites excluding steroid dienone is 2. The van der Waals surface area contributed by atoms with E-state index in [4.69, 9.17) is 4.74 Å². The molecule has 3 rings (SSSR count). The van der Waals surface area contributed by atoms with Crippen LogP contribution in [0.3, 0.4) is 0 Å². The maximum absolute atomic E-state index is 12.3. The number of carbonyl (C=O) groups is 4. The molecule has 0 aromatic heterocycles. The van der Waals surface area contributed by atoms with E-state index in [1.54, 1.807) is 24.3 Å². The highest BCUT2D eigenvalue weighted by molar-refractivity contribution is 6.05. The normalized spacial score (nSPS) is 21.1. The van der Waals surface area contributed by atoms with Crippen molar-refractivity contribution in [1.82, 2.24) is 4.90 Å². The second-order valence-corrected chi connectivity index (χ2v) is 6.58. The van der Waals surface area contributed by atoms with Crippen molar-refractivity contribution in [2.24, 2.45) is 11.8 Å². The molecule has 2 amide bonds. The molecule has 1 aromatic carbocycles. The summed E-state index contributed by atoms with van der Waals surface area (Å²) in [5, 5.41) is 0. The van der Waals surface area contributed by atoms with Crippen LogP contribution in [0.5, 0.6) is 0 Å². The average molecular weight is 371 g/mol. The van der Waals surface area contributed by atoms with E-state index in [1.807, 2.05) is 12.2 Å². The van der Waals surface area contributed by atoms with E-state index >= 15 is 0 Å². The standard InChI is InChI=1S/C20H21NO6/c1-26-20(25)14-8-6-13(7-9-14)12-27-17(22)10-11-21-18(23)15-4-2-3-5-16(15)19(21)24/h2-3,6-9,15-16H,4-5,10-12H2,1H3/t15-,16+. The van der Waals surface area contributed by atoms with Gasteiger partial charge in [-0.15, -0.1) is 0 Å². The maximum Gasteiger partial charge on any atom is 0.337 e. The second kappa shape index (κ2) is 8.16. The minimum absolute atomic E-state index is 0.0371. The molecule has 1 heterocycles. The quantitative estimate of drug-likeness (QED) is 0.431. The van der Waals surface area contributed by atoms with Gasteiger partial charge in [0.05, 0.1) is 30.9 Å². The number of amides is 2. The molecule has 0 saturated carbocycles. The van der Waals surface area contributed by atoms with Crippen LogP contribution < -0.4 is 0 Å².